The zero-order chi connectivity index (χ0) is 9.10. The van der Waals surface area contributed by atoms with Crippen molar-refractivity contribution in [2.24, 2.45) is 5.73 Å². The molecule has 0 aromatic heterocycles. The third-order valence-corrected chi connectivity index (χ3v) is 2.70. The molecule has 2 heteroatoms. The molecule has 0 spiro atoms. The van der Waals surface area contributed by atoms with E-state index in [1.807, 2.05) is 6.07 Å². The molecule has 2 unspecified atom stereocenters. The number of hydrogen-bond acceptors (Lipinski definition) is 2. The lowest BCUT2D eigenvalue weighted by Crippen LogP contribution is -2.37. The fraction of sp³-hybridized carbons (Fsp3) is 0.455. The first kappa shape index (κ1) is 8.73. The average molecular weight is 176 g/mol. The van der Waals surface area contributed by atoms with E-state index >= 15 is 0 Å². The van der Waals surface area contributed by atoms with Gasteiger partial charge in [-0.2, -0.15) is 0 Å². The van der Waals surface area contributed by atoms with Gasteiger partial charge in [0.15, 0.2) is 0 Å². The summed E-state index contributed by atoms with van der Waals surface area (Å²) in [6, 6.07) is 11.3. The Morgan fingerprint density at radius 1 is 1.31 bits per heavy atom. The van der Waals surface area contributed by atoms with Crippen LogP contribution in [0.15, 0.2) is 30.3 Å². The standard InChI is InChI=1S/C11H16N2/c12-10-6-7-13-11(10)8-9-4-2-1-3-5-9/h1-5,10-11,13H,6-8,12H2. The molecule has 70 valence electrons. The van der Waals surface area contributed by atoms with Crippen molar-refractivity contribution in [3.63, 3.8) is 0 Å². The van der Waals surface area contributed by atoms with Crippen LogP contribution in [0.25, 0.3) is 0 Å². The lowest BCUT2D eigenvalue weighted by atomic mass is 10.0. The summed E-state index contributed by atoms with van der Waals surface area (Å²) in [5.41, 5.74) is 7.34. The molecular formula is C11H16N2. The fourth-order valence-electron chi connectivity index (χ4n) is 1.88. The maximum atomic E-state index is 5.96. The van der Waals surface area contributed by atoms with E-state index in [2.05, 4.69) is 29.6 Å². The van der Waals surface area contributed by atoms with Crippen LogP contribution in [0, 0.1) is 0 Å². The van der Waals surface area contributed by atoms with Gasteiger partial charge in [0.1, 0.15) is 0 Å². The molecule has 3 N–H and O–H groups in total. The Kier molecular flexibility index (Phi) is 2.62. The summed E-state index contributed by atoms with van der Waals surface area (Å²) in [7, 11) is 0. The summed E-state index contributed by atoms with van der Waals surface area (Å²) in [5.74, 6) is 0. The first-order valence-corrected chi connectivity index (χ1v) is 4.89. The normalized spacial score (nSPS) is 27.8. The number of nitrogens with two attached hydrogens (primary N) is 1. The van der Waals surface area contributed by atoms with Gasteiger partial charge in [0.2, 0.25) is 0 Å². The Morgan fingerprint density at radius 3 is 2.69 bits per heavy atom. The van der Waals surface area contributed by atoms with Gasteiger partial charge in [-0.1, -0.05) is 30.3 Å². The molecule has 2 nitrogen and oxygen atoms in total. The average Bonchev–Trinajstić information content (AvgIpc) is 2.54. The molecule has 1 aliphatic rings. The molecule has 0 bridgehead atoms. The molecule has 1 aromatic carbocycles. The van der Waals surface area contributed by atoms with Crippen LogP contribution in [0.2, 0.25) is 0 Å². The van der Waals surface area contributed by atoms with Gasteiger partial charge < -0.3 is 11.1 Å². The quantitative estimate of drug-likeness (QED) is 0.703. The zero-order valence-electron chi connectivity index (χ0n) is 7.74. The van der Waals surface area contributed by atoms with Crippen LogP contribution in [-0.2, 0) is 6.42 Å². The van der Waals surface area contributed by atoms with E-state index < -0.39 is 0 Å². The fourth-order valence-corrected chi connectivity index (χ4v) is 1.88. The van der Waals surface area contributed by atoms with Crippen molar-refractivity contribution >= 4 is 0 Å². The minimum absolute atomic E-state index is 0.334. The summed E-state index contributed by atoms with van der Waals surface area (Å²) in [6.45, 7) is 1.07. The van der Waals surface area contributed by atoms with E-state index in [9.17, 15) is 0 Å². The number of nitrogens with one attached hydrogen (secondary N) is 1. The van der Waals surface area contributed by atoms with Gasteiger partial charge in [-0.3, -0.25) is 0 Å². The maximum Gasteiger partial charge on any atom is 0.0259 e. The van der Waals surface area contributed by atoms with Gasteiger partial charge in [0.25, 0.3) is 0 Å². The Hall–Kier alpha value is -0.860. The van der Waals surface area contributed by atoms with Crippen molar-refractivity contribution in [2.45, 2.75) is 24.9 Å². The largest absolute Gasteiger partial charge is 0.326 e. The first-order chi connectivity index (χ1) is 6.36. The third-order valence-electron chi connectivity index (χ3n) is 2.70. The summed E-state index contributed by atoms with van der Waals surface area (Å²) in [6.07, 6.45) is 2.17. The molecule has 1 saturated heterocycles. The van der Waals surface area contributed by atoms with E-state index in [-0.39, 0.29) is 0 Å². The molecule has 0 saturated carbocycles. The highest BCUT2D eigenvalue weighted by atomic mass is 15.0. The highest BCUT2D eigenvalue weighted by molar-refractivity contribution is 5.16. The van der Waals surface area contributed by atoms with Crippen LogP contribution in [0.5, 0.6) is 0 Å². The SMILES string of the molecule is NC1CCNC1Cc1ccccc1. The smallest absolute Gasteiger partial charge is 0.0259 e. The van der Waals surface area contributed by atoms with E-state index in [0.29, 0.717) is 12.1 Å². The van der Waals surface area contributed by atoms with Crippen molar-refractivity contribution in [1.82, 2.24) is 5.32 Å². The summed E-state index contributed by atoms with van der Waals surface area (Å²) in [4.78, 5) is 0. The van der Waals surface area contributed by atoms with E-state index in [4.69, 9.17) is 5.73 Å². The molecule has 1 fully saturated rings. The van der Waals surface area contributed by atoms with Gasteiger partial charge in [0, 0.05) is 12.1 Å². The van der Waals surface area contributed by atoms with Gasteiger partial charge in [-0.05, 0) is 24.9 Å². The van der Waals surface area contributed by atoms with Crippen LogP contribution in [0.3, 0.4) is 0 Å². The third kappa shape index (κ3) is 2.08. The second kappa shape index (κ2) is 3.90. The molecule has 2 atom stereocenters. The lowest BCUT2D eigenvalue weighted by Gasteiger charge is -2.15. The molecule has 1 heterocycles. The van der Waals surface area contributed by atoms with E-state index in [0.717, 1.165) is 19.4 Å². The van der Waals surface area contributed by atoms with Crippen LogP contribution in [0.1, 0.15) is 12.0 Å². The van der Waals surface area contributed by atoms with Gasteiger partial charge in [-0.15, -0.1) is 0 Å². The van der Waals surface area contributed by atoms with Gasteiger partial charge in [-0.25, -0.2) is 0 Å². The first-order valence-electron chi connectivity index (χ1n) is 4.89. The Morgan fingerprint density at radius 2 is 2.08 bits per heavy atom. The number of benzene rings is 1. The van der Waals surface area contributed by atoms with Crippen molar-refractivity contribution in [2.75, 3.05) is 6.54 Å². The van der Waals surface area contributed by atoms with Crippen molar-refractivity contribution in [1.29, 1.82) is 0 Å². The monoisotopic (exact) mass is 176 g/mol. The van der Waals surface area contributed by atoms with E-state index in [1.54, 1.807) is 0 Å². The van der Waals surface area contributed by atoms with Crippen LogP contribution >= 0.6 is 0 Å². The Bertz CT molecular complexity index is 258. The Balaban J connectivity index is 1.98. The Labute approximate surface area is 79.1 Å². The molecule has 2 rings (SSSR count). The van der Waals surface area contributed by atoms with Crippen molar-refractivity contribution < 1.29 is 0 Å². The molecule has 1 aromatic rings. The molecule has 0 radical (unpaired) electrons. The van der Waals surface area contributed by atoms with Crippen LogP contribution in [-0.4, -0.2) is 18.6 Å². The maximum absolute atomic E-state index is 5.96. The summed E-state index contributed by atoms with van der Waals surface area (Å²) >= 11 is 0. The molecule has 13 heavy (non-hydrogen) atoms. The molecule has 0 amide bonds. The van der Waals surface area contributed by atoms with Crippen molar-refractivity contribution in [3.8, 4) is 0 Å². The molecule has 0 aliphatic carbocycles. The zero-order valence-corrected chi connectivity index (χ0v) is 7.74. The highest BCUT2D eigenvalue weighted by Crippen LogP contribution is 2.10. The van der Waals surface area contributed by atoms with Crippen LogP contribution < -0.4 is 11.1 Å². The number of hydrogen-bond donors (Lipinski definition) is 2. The van der Waals surface area contributed by atoms with Gasteiger partial charge in [0.05, 0.1) is 0 Å². The minimum atomic E-state index is 0.334. The molecular weight excluding hydrogens is 160 g/mol. The predicted octanol–water partition coefficient (Wildman–Crippen LogP) is 0.918. The number of rotatable bonds is 2. The lowest BCUT2D eigenvalue weighted by molar-refractivity contribution is 0.539. The highest BCUT2D eigenvalue weighted by Gasteiger charge is 2.22. The topological polar surface area (TPSA) is 38.0 Å². The van der Waals surface area contributed by atoms with E-state index in [1.165, 1.54) is 5.56 Å². The molecule has 1 aliphatic heterocycles. The van der Waals surface area contributed by atoms with Gasteiger partial charge >= 0.3 is 0 Å². The van der Waals surface area contributed by atoms with Crippen molar-refractivity contribution in [3.05, 3.63) is 35.9 Å². The minimum Gasteiger partial charge on any atom is -0.326 e. The predicted molar refractivity (Wildman–Crippen MR) is 54.5 cm³/mol. The van der Waals surface area contributed by atoms with Crippen LogP contribution in [0.4, 0.5) is 0 Å². The summed E-state index contributed by atoms with van der Waals surface area (Å²) < 4.78 is 0. The summed E-state index contributed by atoms with van der Waals surface area (Å²) in [5, 5.41) is 3.43. The second-order valence-electron chi connectivity index (χ2n) is 3.70. The second-order valence-corrected chi connectivity index (χ2v) is 3.70.